The minimum Gasteiger partial charge on any atom is -0.382 e. The number of fused-ring (bicyclic) bond motifs is 1. The predicted octanol–water partition coefficient (Wildman–Crippen LogP) is 3.67. The van der Waals surface area contributed by atoms with Crippen molar-refractivity contribution >= 4 is 16.6 Å². The van der Waals surface area contributed by atoms with Crippen LogP contribution in [0.1, 0.15) is 0 Å². The summed E-state index contributed by atoms with van der Waals surface area (Å²) in [5.41, 5.74) is 8.90. The van der Waals surface area contributed by atoms with Crippen molar-refractivity contribution < 1.29 is 0 Å². The molecule has 3 aromatic carbocycles. The summed E-state index contributed by atoms with van der Waals surface area (Å²) in [7, 11) is 0. The monoisotopic (exact) mass is 286 g/mol. The number of hydrogen-bond donors (Lipinski definition) is 1. The maximum atomic E-state index is 6.30. The summed E-state index contributed by atoms with van der Waals surface area (Å²) in [6, 6.07) is 24.1. The molecule has 2 N–H and O–H groups in total. The standard InChI is InChI=1S/C18H14N4/c19-18-17(14-8-2-1-3-9-14)20-21-22(18)16-12-6-10-13-7-4-5-11-15(13)16/h1-12H,19H2. The molecular weight excluding hydrogens is 272 g/mol. The fourth-order valence-electron chi connectivity index (χ4n) is 2.66. The van der Waals surface area contributed by atoms with Gasteiger partial charge in [-0.25, -0.2) is 0 Å². The van der Waals surface area contributed by atoms with Gasteiger partial charge in [0.05, 0.1) is 5.69 Å². The molecule has 4 rings (SSSR count). The molecule has 0 bridgehead atoms. The summed E-state index contributed by atoms with van der Waals surface area (Å²) in [5.74, 6) is 0.544. The molecule has 0 atom stereocenters. The third kappa shape index (κ3) is 1.93. The van der Waals surface area contributed by atoms with Crippen LogP contribution in [0.2, 0.25) is 0 Å². The van der Waals surface area contributed by atoms with Crippen LogP contribution in [0, 0.1) is 0 Å². The number of aromatic nitrogens is 3. The zero-order valence-electron chi connectivity index (χ0n) is 11.8. The van der Waals surface area contributed by atoms with Crippen LogP contribution in [-0.2, 0) is 0 Å². The molecule has 0 aliphatic heterocycles. The zero-order chi connectivity index (χ0) is 14.9. The zero-order valence-corrected chi connectivity index (χ0v) is 11.8. The van der Waals surface area contributed by atoms with E-state index >= 15 is 0 Å². The average molecular weight is 286 g/mol. The van der Waals surface area contributed by atoms with E-state index < -0.39 is 0 Å². The maximum Gasteiger partial charge on any atom is 0.155 e. The Hall–Kier alpha value is -3.14. The number of nitrogens with zero attached hydrogens (tertiary/aromatic N) is 3. The van der Waals surface area contributed by atoms with E-state index in [4.69, 9.17) is 5.73 Å². The van der Waals surface area contributed by atoms with E-state index in [0.717, 1.165) is 22.0 Å². The molecule has 0 unspecified atom stereocenters. The van der Waals surface area contributed by atoms with Crippen molar-refractivity contribution in [3.05, 3.63) is 72.8 Å². The van der Waals surface area contributed by atoms with Crippen molar-refractivity contribution in [3.8, 4) is 16.9 Å². The number of nitrogen functional groups attached to an aromatic ring is 1. The molecule has 106 valence electrons. The maximum absolute atomic E-state index is 6.30. The largest absolute Gasteiger partial charge is 0.382 e. The van der Waals surface area contributed by atoms with Crippen molar-refractivity contribution in [2.24, 2.45) is 0 Å². The molecule has 0 saturated heterocycles. The third-order valence-corrected chi connectivity index (χ3v) is 3.75. The Morgan fingerprint density at radius 3 is 2.36 bits per heavy atom. The summed E-state index contributed by atoms with van der Waals surface area (Å²) in [4.78, 5) is 0. The number of rotatable bonds is 2. The van der Waals surface area contributed by atoms with Gasteiger partial charge in [0, 0.05) is 10.9 Å². The second-order valence-corrected chi connectivity index (χ2v) is 5.10. The number of anilines is 1. The van der Waals surface area contributed by atoms with Crippen molar-refractivity contribution in [2.45, 2.75) is 0 Å². The van der Waals surface area contributed by atoms with Gasteiger partial charge in [0.15, 0.2) is 5.82 Å². The van der Waals surface area contributed by atoms with Gasteiger partial charge in [-0.05, 0) is 11.5 Å². The lowest BCUT2D eigenvalue weighted by Crippen LogP contribution is -2.03. The highest BCUT2D eigenvalue weighted by molar-refractivity contribution is 5.90. The van der Waals surface area contributed by atoms with Crippen LogP contribution >= 0.6 is 0 Å². The second-order valence-electron chi connectivity index (χ2n) is 5.10. The Bertz CT molecular complexity index is 936. The highest BCUT2D eigenvalue weighted by Crippen LogP contribution is 2.28. The minimum atomic E-state index is 0.544. The average Bonchev–Trinajstić information content (AvgIpc) is 2.96. The number of benzene rings is 3. The van der Waals surface area contributed by atoms with Crippen LogP contribution in [0.25, 0.3) is 27.7 Å². The predicted molar refractivity (Wildman–Crippen MR) is 88.7 cm³/mol. The van der Waals surface area contributed by atoms with Gasteiger partial charge < -0.3 is 5.73 Å². The van der Waals surface area contributed by atoms with Crippen LogP contribution in [0.15, 0.2) is 72.8 Å². The van der Waals surface area contributed by atoms with Gasteiger partial charge in [-0.2, -0.15) is 4.68 Å². The molecule has 0 fully saturated rings. The highest BCUT2D eigenvalue weighted by Gasteiger charge is 2.14. The molecule has 0 spiro atoms. The quantitative estimate of drug-likeness (QED) is 0.611. The van der Waals surface area contributed by atoms with Crippen LogP contribution < -0.4 is 5.73 Å². The van der Waals surface area contributed by atoms with Gasteiger partial charge >= 0.3 is 0 Å². The summed E-state index contributed by atoms with van der Waals surface area (Å²) in [6.45, 7) is 0. The molecule has 0 radical (unpaired) electrons. The first-order valence-electron chi connectivity index (χ1n) is 7.09. The Labute approximate surface area is 127 Å². The van der Waals surface area contributed by atoms with Gasteiger partial charge in [0.1, 0.15) is 5.69 Å². The van der Waals surface area contributed by atoms with E-state index in [1.807, 2.05) is 54.6 Å². The Balaban J connectivity index is 1.92. The van der Waals surface area contributed by atoms with Crippen LogP contribution in [0.3, 0.4) is 0 Å². The molecule has 0 amide bonds. The smallest absolute Gasteiger partial charge is 0.155 e. The topological polar surface area (TPSA) is 56.7 Å². The SMILES string of the molecule is Nc1c(-c2ccccc2)nnn1-c1cccc2ccccc12. The molecule has 4 nitrogen and oxygen atoms in total. The van der Waals surface area contributed by atoms with Crippen molar-refractivity contribution in [1.82, 2.24) is 15.0 Å². The summed E-state index contributed by atoms with van der Waals surface area (Å²) < 4.78 is 1.70. The summed E-state index contributed by atoms with van der Waals surface area (Å²) >= 11 is 0. The van der Waals surface area contributed by atoms with Crippen molar-refractivity contribution in [3.63, 3.8) is 0 Å². The van der Waals surface area contributed by atoms with Crippen LogP contribution in [0.4, 0.5) is 5.82 Å². The molecular formula is C18H14N4. The first-order valence-corrected chi connectivity index (χ1v) is 7.09. The second kappa shape index (κ2) is 5.00. The minimum absolute atomic E-state index is 0.544. The lowest BCUT2D eigenvalue weighted by Gasteiger charge is -2.07. The lowest BCUT2D eigenvalue weighted by molar-refractivity contribution is 0.815. The van der Waals surface area contributed by atoms with Crippen molar-refractivity contribution in [2.75, 3.05) is 5.73 Å². The third-order valence-electron chi connectivity index (χ3n) is 3.75. The molecule has 1 aromatic heterocycles. The Morgan fingerprint density at radius 1 is 0.773 bits per heavy atom. The van der Waals surface area contributed by atoms with Crippen molar-refractivity contribution in [1.29, 1.82) is 0 Å². The highest BCUT2D eigenvalue weighted by atomic mass is 15.5. The van der Waals surface area contributed by atoms with Crippen LogP contribution in [0.5, 0.6) is 0 Å². The molecule has 1 heterocycles. The van der Waals surface area contributed by atoms with Crippen LogP contribution in [-0.4, -0.2) is 15.0 Å². The van der Waals surface area contributed by atoms with E-state index in [2.05, 4.69) is 28.5 Å². The molecule has 4 aromatic rings. The first-order chi connectivity index (χ1) is 10.8. The normalized spacial score (nSPS) is 10.9. The first kappa shape index (κ1) is 12.6. The Morgan fingerprint density at radius 2 is 1.50 bits per heavy atom. The molecule has 0 saturated carbocycles. The number of nitrogens with two attached hydrogens (primary N) is 1. The Kier molecular flexibility index (Phi) is 2.86. The number of hydrogen-bond acceptors (Lipinski definition) is 3. The van der Waals surface area contributed by atoms with Gasteiger partial charge in [-0.15, -0.1) is 5.10 Å². The van der Waals surface area contributed by atoms with Gasteiger partial charge in [0.2, 0.25) is 0 Å². The van der Waals surface area contributed by atoms with E-state index in [1.54, 1.807) is 4.68 Å². The van der Waals surface area contributed by atoms with Gasteiger partial charge in [-0.3, -0.25) is 0 Å². The summed E-state index contributed by atoms with van der Waals surface area (Å²) in [5, 5.41) is 10.8. The van der Waals surface area contributed by atoms with E-state index in [0.29, 0.717) is 11.5 Å². The fraction of sp³-hybridized carbons (Fsp3) is 0. The molecule has 22 heavy (non-hydrogen) atoms. The summed E-state index contributed by atoms with van der Waals surface area (Å²) in [6.07, 6.45) is 0. The fourth-order valence-corrected chi connectivity index (χ4v) is 2.66. The molecule has 0 aliphatic rings. The van der Waals surface area contributed by atoms with E-state index in [9.17, 15) is 0 Å². The van der Waals surface area contributed by atoms with Gasteiger partial charge in [-0.1, -0.05) is 71.9 Å². The molecule has 4 heteroatoms. The van der Waals surface area contributed by atoms with E-state index in [-0.39, 0.29) is 0 Å². The lowest BCUT2D eigenvalue weighted by atomic mass is 10.1. The van der Waals surface area contributed by atoms with E-state index in [1.165, 1.54) is 0 Å². The van der Waals surface area contributed by atoms with Gasteiger partial charge in [0.25, 0.3) is 0 Å². The molecule has 0 aliphatic carbocycles.